The number of carbonyl (C=O) groups excluding carboxylic acids is 1. The van der Waals surface area contributed by atoms with E-state index in [4.69, 9.17) is 0 Å². The molecule has 0 heterocycles. The number of rotatable bonds is 9. The highest BCUT2D eigenvalue weighted by atomic mass is 79.9. The lowest BCUT2D eigenvalue weighted by Gasteiger charge is -2.12. The fraction of sp³-hybridized carbons (Fsp3) is 0.316. The van der Waals surface area contributed by atoms with Gasteiger partial charge in [0.1, 0.15) is 5.75 Å². The minimum atomic E-state index is -3.73. The molecule has 0 aromatic heterocycles. The maximum atomic E-state index is 12.5. The lowest BCUT2D eigenvalue weighted by atomic mass is 10.1. The van der Waals surface area contributed by atoms with Crippen molar-refractivity contribution >= 4 is 31.9 Å². The zero-order valence-corrected chi connectivity index (χ0v) is 18.2. The molecule has 2 aromatic rings. The average molecular weight is 491 g/mol. The maximum absolute atomic E-state index is 12.5. The summed E-state index contributed by atoms with van der Waals surface area (Å²) in [6, 6.07) is 9.26. The number of amides is 1. The molecule has 0 saturated carbocycles. The van der Waals surface area contributed by atoms with E-state index in [1.54, 1.807) is 24.3 Å². The van der Waals surface area contributed by atoms with Crippen molar-refractivity contribution in [3.05, 3.63) is 57.6 Å². The van der Waals surface area contributed by atoms with Gasteiger partial charge in [-0.1, -0.05) is 22.0 Å². The Morgan fingerprint density at radius 3 is 2.52 bits per heavy atom. The number of halogens is 3. The molecule has 158 valence electrons. The third-order valence-corrected chi connectivity index (χ3v) is 6.10. The second kappa shape index (κ2) is 10.1. The Labute approximate surface area is 176 Å². The zero-order valence-electron chi connectivity index (χ0n) is 15.8. The molecule has 0 aliphatic rings. The number of hydrogen-bond donors (Lipinski definition) is 2. The molecule has 0 aliphatic carbocycles. The van der Waals surface area contributed by atoms with Gasteiger partial charge >= 0.3 is 6.61 Å². The number of hydrogen-bond acceptors (Lipinski definition) is 4. The van der Waals surface area contributed by atoms with Crippen molar-refractivity contribution in [2.45, 2.75) is 38.3 Å². The summed E-state index contributed by atoms with van der Waals surface area (Å²) in [6.07, 6.45) is -0.108. The van der Waals surface area contributed by atoms with Crippen LogP contribution in [0.2, 0.25) is 0 Å². The standard InChI is InChI=1S/C19H21BrF2N2O4S/c1-12-3-5-16(9-13(12)2)29(26,27)24-8-7-18(25)23-11-14-10-15(20)4-6-17(14)28-19(21)22/h3-6,9-10,19,24H,7-8,11H2,1-2H3,(H,23,25). The molecule has 1 amide bonds. The molecular weight excluding hydrogens is 470 g/mol. The molecule has 10 heteroatoms. The Morgan fingerprint density at radius 1 is 1.14 bits per heavy atom. The molecule has 0 unspecified atom stereocenters. The average Bonchev–Trinajstić information content (AvgIpc) is 2.63. The van der Waals surface area contributed by atoms with Gasteiger partial charge in [-0.2, -0.15) is 8.78 Å². The molecule has 2 N–H and O–H groups in total. The van der Waals surface area contributed by atoms with Crippen molar-refractivity contribution in [3.63, 3.8) is 0 Å². The number of benzene rings is 2. The summed E-state index contributed by atoms with van der Waals surface area (Å²) >= 11 is 3.23. The molecule has 0 radical (unpaired) electrons. The summed E-state index contributed by atoms with van der Waals surface area (Å²) in [5, 5.41) is 2.56. The first-order valence-electron chi connectivity index (χ1n) is 8.65. The molecule has 0 spiro atoms. The number of ether oxygens (including phenoxy) is 1. The molecule has 0 atom stereocenters. The highest BCUT2D eigenvalue weighted by Gasteiger charge is 2.15. The fourth-order valence-electron chi connectivity index (χ4n) is 2.44. The number of aryl methyl sites for hydroxylation is 2. The van der Waals surface area contributed by atoms with Crippen LogP contribution in [0.25, 0.3) is 0 Å². The Hall–Kier alpha value is -2.04. The molecule has 0 saturated heterocycles. The molecule has 0 aliphatic heterocycles. The van der Waals surface area contributed by atoms with Crippen molar-refractivity contribution in [2.75, 3.05) is 6.54 Å². The van der Waals surface area contributed by atoms with Crippen molar-refractivity contribution in [1.82, 2.24) is 10.0 Å². The highest BCUT2D eigenvalue weighted by molar-refractivity contribution is 9.10. The van der Waals surface area contributed by atoms with E-state index in [1.165, 1.54) is 12.1 Å². The van der Waals surface area contributed by atoms with E-state index in [2.05, 4.69) is 30.7 Å². The van der Waals surface area contributed by atoms with Crippen LogP contribution in [0, 0.1) is 13.8 Å². The van der Waals surface area contributed by atoms with Gasteiger partial charge in [0.2, 0.25) is 15.9 Å². The van der Waals surface area contributed by atoms with E-state index in [9.17, 15) is 22.0 Å². The Kier molecular flexibility index (Phi) is 8.12. The van der Waals surface area contributed by atoms with Gasteiger partial charge < -0.3 is 10.1 Å². The van der Waals surface area contributed by atoms with Gasteiger partial charge in [0.05, 0.1) is 4.90 Å². The van der Waals surface area contributed by atoms with Crippen LogP contribution < -0.4 is 14.8 Å². The van der Waals surface area contributed by atoms with Crippen LogP contribution in [-0.4, -0.2) is 27.5 Å². The summed E-state index contributed by atoms with van der Waals surface area (Å²) in [7, 11) is -3.73. The lowest BCUT2D eigenvalue weighted by Crippen LogP contribution is -2.30. The Morgan fingerprint density at radius 2 is 1.86 bits per heavy atom. The molecule has 6 nitrogen and oxygen atoms in total. The van der Waals surface area contributed by atoms with Crippen LogP contribution in [0.1, 0.15) is 23.1 Å². The summed E-state index contributed by atoms with van der Waals surface area (Å²) in [5.41, 5.74) is 2.19. The number of sulfonamides is 1. The second-order valence-corrected chi connectivity index (χ2v) is 8.98. The quantitative estimate of drug-likeness (QED) is 0.561. The first-order valence-corrected chi connectivity index (χ1v) is 10.9. The summed E-state index contributed by atoms with van der Waals surface area (Å²) in [6.45, 7) is 0.581. The van der Waals surface area contributed by atoms with Crippen LogP contribution in [0.15, 0.2) is 45.8 Å². The Bertz CT molecular complexity index is 984. The van der Waals surface area contributed by atoms with Gasteiger partial charge in [-0.3, -0.25) is 4.79 Å². The zero-order chi connectivity index (χ0) is 21.6. The van der Waals surface area contributed by atoms with Gasteiger partial charge in [0, 0.05) is 29.5 Å². The van der Waals surface area contributed by atoms with Crippen LogP contribution >= 0.6 is 15.9 Å². The summed E-state index contributed by atoms with van der Waals surface area (Å²) < 4.78 is 57.0. The molecule has 2 aromatic carbocycles. The number of alkyl halides is 2. The minimum Gasteiger partial charge on any atom is -0.434 e. The fourth-order valence-corrected chi connectivity index (χ4v) is 3.97. The van der Waals surface area contributed by atoms with E-state index < -0.39 is 22.5 Å². The van der Waals surface area contributed by atoms with Gasteiger partial charge in [0.25, 0.3) is 0 Å². The van der Waals surface area contributed by atoms with Crippen LogP contribution in [0.4, 0.5) is 8.78 Å². The van der Waals surface area contributed by atoms with Gasteiger partial charge in [-0.25, -0.2) is 13.1 Å². The first kappa shape index (κ1) is 23.2. The smallest absolute Gasteiger partial charge is 0.387 e. The van der Waals surface area contributed by atoms with E-state index in [1.807, 2.05) is 13.8 Å². The van der Waals surface area contributed by atoms with E-state index in [0.29, 0.717) is 10.0 Å². The molecule has 0 fully saturated rings. The van der Waals surface area contributed by atoms with Crippen molar-refractivity contribution in [3.8, 4) is 5.75 Å². The lowest BCUT2D eigenvalue weighted by molar-refractivity contribution is -0.121. The predicted molar refractivity (Wildman–Crippen MR) is 108 cm³/mol. The molecular formula is C19H21BrF2N2O4S. The normalized spacial score (nSPS) is 11.5. The maximum Gasteiger partial charge on any atom is 0.387 e. The largest absolute Gasteiger partial charge is 0.434 e. The van der Waals surface area contributed by atoms with Crippen LogP contribution in [0.5, 0.6) is 5.75 Å². The minimum absolute atomic E-state index is 0.0375. The van der Waals surface area contributed by atoms with E-state index >= 15 is 0 Å². The van der Waals surface area contributed by atoms with E-state index in [0.717, 1.165) is 11.1 Å². The highest BCUT2D eigenvalue weighted by Crippen LogP contribution is 2.24. The molecule has 29 heavy (non-hydrogen) atoms. The van der Waals surface area contributed by atoms with Crippen LogP contribution in [-0.2, 0) is 21.4 Å². The van der Waals surface area contributed by atoms with Gasteiger partial charge in [-0.05, 0) is 55.3 Å². The van der Waals surface area contributed by atoms with E-state index in [-0.39, 0.29) is 30.2 Å². The van der Waals surface area contributed by atoms with Crippen molar-refractivity contribution in [2.24, 2.45) is 0 Å². The monoisotopic (exact) mass is 490 g/mol. The SMILES string of the molecule is Cc1ccc(S(=O)(=O)NCCC(=O)NCc2cc(Br)ccc2OC(F)F)cc1C. The molecule has 2 rings (SSSR count). The van der Waals surface area contributed by atoms with Gasteiger partial charge in [0.15, 0.2) is 0 Å². The third kappa shape index (κ3) is 7.06. The third-order valence-electron chi connectivity index (χ3n) is 4.15. The summed E-state index contributed by atoms with van der Waals surface area (Å²) in [5.74, 6) is -0.477. The van der Waals surface area contributed by atoms with Crippen LogP contribution in [0.3, 0.4) is 0 Å². The molecule has 0 bridgehead atoms. The topological polar surface area (TPSA) is 84.5 Å². The van der Waals surface area contributed by atoms with Crippen molar-refractivity contribution < 1.29 is 26.7 Å². The van der Waals surface area contributed by atoms with Gasteiger partial charge in [-0.15, -0.1) is 0 Å². The van der Waals surface area contributed by atoms with Crippen molar-refractivity contribution in [1.29, 1.82) is 0 Å². The predicted octanol–water partition coefficient (Wildman–Crippen LogP) is 3.65. The first-order chi connectivity index (χ1) is 13.6. The second-order valence-electron chi connectivity index (χ2n) is 6.30. The number of carbonyl (C=O) groups is 1. The number of nitrogens with one attached hydrogen (secondary N) is 2. The Balaban J connectivity index is 1.89. The summed E-state index contributed by atoms with van der Waals surface area (Å²) in [4.78, 5) is 12.1.